The average Bonchev–Trinajstić information content (AvgIpc) is 3.54. The zero-order chi connectivity index (χ0) is 33.4. The van der Waals surface area contributed by atoms with Crippen LogP contribution in [-0.4, -0.2) is 78.5 Å². The van der Waals surface area contributed by atoms with Gasteiger partial charge < -0.3 is 41.0 Å². The third-order valence-electron chi connectivity index (χ3n) is 7.78. The van der Waals surface area contributed by atoms with E-state index in [1.807, 2.05) is 45.0 Å². The quantitative estimate of drug-likeness (QED) is 0.197. The molecule has 1 aliphatic rings. The molecule has 3 amide bonds. The third kappa shape index (κ3) is 8.42. The van der Waals surface area contributed by atoms with Crippen LogP contribution < -0.4 is 36.1 Å². The van der Waals surface area contributed by atoms with Gasteiger partial charge in [-0.15, -0.1) is 0 Å². The highest BCUT2D eigenvalue weighted by Gasteiger charge is 2.42. The van der Waals surface area contributed by atoms with Gasteiger partial charge in [0.25, 0.3) is 0 Å². The highest BCUT2D eigenvalue weighted by molar-refractivity contribution is 5.99. The predicted molar refractivity (Wildman–Crippen MR) is 178 cm³/mol. The van der Waals surface area contributed by atoms with E-state index in [1.165, 1.54) is 7.11 Å². The Hall–Kier alpha value is -4.91. The molecule has 4 rings (SSSR count). The second-order valence-corrected chi connectivity index (χ2v) is 12.2. The highest BCUT2D eigenvalue weighted by atomic mass is 16.5. The first kappa shape index (κ1) is 34.0. The zero-order valence-corrected chi connectivity index (χ0v) is 27.4. The lowest BCUT2D eigenvalue weighted by Gasteiger charge is -2.36. The summed E-state index contributed by atoms with van der Waals surface area (Å²) < 4.78 is 10.9. The van der Waals surface area contributed by atoms with Gasteiger partial charge in [0.2, 0.25) is 23.7 Å². The number of anilines is 5. The minimum Gasteiger partial charge on any atom is -0.497 e. The van der Waals surface area contributed by atoms with Crippen LogP contribution in [0.5, 0.6) is 11.5 Å². The van der Waals surface area contributed by atoms with Crippen LogP contribution in [-0.2, 0) is 14.4 Å². The van der Waals surface area contributed by atoms with Crippen molar-refractivity contribution in [2.45, 2.75) is 58.7 Å². The Morgan fingerprint density at radius 1 is 1.00 bits per heavy atom. The molecule has 1 aliphatic heterocycles. The molecule has 0 unspecified atom stereocenters. The summed E-state index contributed by atoms with van der Waals surface area (Å²) in [6.07, 6.45) is 2.83. The summed E-state index contributed by atoms with van der Waals surface area (Å²) >= 11 is 0. The van der Waals surface area contributed by atoms with Crippen LogP contribution in [0, 0.1) is 5.41 Å². The molecule has 5 N–H and O–H groups in total. The number of likely N-dealkylation sites (N-methyl/N-ethyl adjacent to an activating group) is 1. The Labute approximate surface area is 269 Å². The standard InChI is InChI=1S/C33H44N8O5/c1-20(34-5)29(42)40-28(33(2,3)4)31(44)41-17-9-12-25(41)30(43)37-22-13-14-24(26(19-22)46-7)38-32-35-16-15-27(39-32)36-21-10-8-11-23(18-21)45-6/h8,10-11,13-16,18-20,25,28,34H,9,12,17H2,1-7H3,(H,37,43)(H,40,42)(H2,35,36,38,39)/t20-,25+,28+/m0/s1. The predicted octanol–water partition coefficient (Wildman–Crippen LogP) is 4.05. The zero-order valence-electron chi connectivity index (χ0n) is 27.4. The van der Waals surface area contributed by atoms with Gasteiger partial charge in [0.05, 0.1) is 25.9 Å². The maximum absolute atomic E-state index is 13.7. The maximum atomic E-state index is 13.7. The second kappa shape index (κ2) is 14.9. The summed E-state index contributed by atoms with van der Waals surface area (Å²) in [6.45, 7) is 7.84. The monoisotopic (exact) mass is 632 g/mol. The summed E-state index contributed by atoms with van der Waals surface area (Å²) in [4.78, 5) is 50.3. The Balaban J connectivity index is 1.45. The molecule has 1 fully saturated rings. The van der Waals surface area contributed by atoms with Crippen molar-refractivity contribution < 1.29 is 23.9 Å². The minimum atomic E-state index is -0.791. The van der Waals surface area contributed by atoms with E-state index >= 15 is 0 Å². The molecule has 0 bridgehead atoms. The SMILES string of the molecule is CN[C@@H](C)C(=O)N[C@H](C(=O)N1CCC[C@@H]1C(=O)Nc1ccc(Nc2nccc(Nc3cccc(OC)c3)n2)c(OC)c1)C(C)(C)C. The van der Waals surface area contributed by atoms with Crippen molar-refractivity contribution in [3.8, 4) is 11.5 Å². The number of likely N-dealkylation sites (tertiary alicyclic amines) is 1. The molecule has 1 saturated heterocycles. The Morgan fingerprint density at radius 2 is 1.78 bits per heavy atom. The molecule has 13 nitrogen and oxygen atoms in total. The van der Waals surface area contributed by atoms with E-state index in [4.69, 9.17) is 9.47 Å². The molecule has 46 heavy (non-hydrogen) atoms. The van der Waals surface area contributed by atoms with Crippen LogP contribution in [0.4, 0.5) is 28.8 Å². The summed E-state index contributed by atoms with van der Waals surface area (Å²) in [5.74, 6) is 1.24. The van der Waals surface area contributed by atoms with E-state index in [0.29, 0.717) is 48.3 Å². The Morgan fingerprint density at radius 3 is 2.48 bits per heavy atom. The van der Waals surface area contributed by atoms with Crippen LogP contribution in [0.2, 0.25) is 0 Å². The van der Waals surface area contributed by atoms with Gasteiger partial charge in [0, 0.05) is 36.2 Å². The Bertz CT molecular complexity index is 1540. The van der Waals surface area contributed by atoms with Crippen molar-refractivity contribution in [1.82, 2.24) is 25.5 Å². The van der Waals surface area contributed by atoms with Gasteiger partial charge in [0.1, 0.15) is 29.4 Å². The van der Waals surface area contributed by atoms with Gasteiger partial charge >= 0.3 is 0 Å². The lowest BCUT2D eigenvalue weighted by molar-refractivity contribution is -0.143. The number of nitrogens with one attached hydrogen (secondary N) is 5. The van der Waals surface area contributed by atoms with E-state index in [0.717, 1.165) is 11.4 Å². The molecule has 1 aromatic heterocycles. The molecular formula is C33H44N8O5. The topological polar surface area (TPSA) is 159 Å². The van der Waals surface area contributed by atoms with Gasteiger partial charge in [-0.3, -0.25) is 14.4 Å². The smallest absolute Gasteiger partial charge is 0.247 e. The van der Waals surface area contributed by atoms with Crippen LogP contribution in [0.15, 0.2) is 54.7 Å². The number of carbonyl (C=O) groups excluding carboxylic acids is 3. The number of aromatic nitrogens is 2. The number of benzene rings is 2. The lowest BCUT2D eigenvalue weighted by Crippen LogP contribution is -2.59. The summed E-state index contributed by atoms with van der Waals surface area (Å²) in [5.41, 5.74) is 1.35. The molecule has 2 heterocycles. The minimum absolute atomic E-state index is 0.276. The molecule has 2 aromatic carbocycles. The number of methoxy groups -OCH3 is 2. The molecular weight excluding hydrogens is 588 g/mol. The normalized spacial score (nSPS) is 15.8. The number of rotatable bonds is 12. The fourth-order valence-corrected chi connectivity index (χ4v) is 5.07. The highest BCUT2D eigenvalue weighted by Crippen LogP contribution is 2.31. The van der Waals surface area contributed by atoms with Crippen molar-refractivity contribution in [1.29, 1.82) is 0 Å². The largest absolute Gasteiger partial charge is 0.497 e. The van der Waals surface area contributed by atoms with Crippen LogP contribution in [0.25, 0.3) is 0 Å². The first-order valence-electron chi connectivity index (χ1n) is 15.2. The summed E-state index contributed by atoms with van der Waals surface area (Å²) in [5, 5.41) is 15.1. The molecule has 3 aromatic rings. The molecule has 0 radical (unpaired) electrons. The lowest BCUT2D eigenvalue weighted by atomic mass is 9.85. The molecule has 246 valence electrons. The third-order valence-corrected chi connectivity index (χ3v) is 7.78. The summed E-state index contributed by atoms with van der Waals surface area (Å²) in [7, 11) is 4.82. The number of carbonyl (C=O) groups is 3. The van der Waals surface area contributed by atoms with Gasteiger partial charge in [-0.1, -0.05) is 26.8 Å². The number of ether oxygens (including phenoxy) is 2. The molecule has 0 saturated carbocycles. The van der Waals surface area contributed by atoms with E-state index in [2.05, 4.69) is 36.6 Å². The molecule has 0 aliphatic carbocycles. The summed E-state index contributed by atoms with van der Waals surface area (Å²) in [6, 6.07) is 12.5. The second-order valence-electron chi connectivity index (χ2n) is 12.2. The van der Waals surface area contributed by atoms with Gasteiger partial charge in [-0.25, -0.2) is 4.98 Å². The van der Waals surface area contributed by atoms with Crippen LogP contribution in [0.1, 0.15) is 40.5 Å². The molecule has 3 atom stereocenters. The number of amides is 3. The number of hydrogen-bond donors (Lipinski definition) is 5. The van der Waals surface area contributed by atoms with E-state index in [-0.39, 0.29) is 17.7 Å². The maximum Gasteiger partial charge on any atom is 0.247 e. The van der Waals surface area contributed by atoms with Crippen molar-refractivity contribution in [3.05, 3.63) is 54.7 Å². The fraction of sp³-hybridized carbons (Fsp3) is 0.424. The van der Waals surface area contributed by atoms with Gasteiger partial charge in [0.15, 0.2) is 0 Å². The van der Waals surface area contributed by atoms with E-state index in [9.17, 15) is 14.4 Å². The first-order chi connectivity index (χ1) is 21.9. The number of hydrogen-bond acceptors (Lipinski definition) is 10. The van der Waals surface area contributed by atoms with Crippen molar-refractivity contribution in [2.75, 3.05) is 43.8 Å². The van der Waals surface area contributed by atoms with Crippen LogP contribution >= 0.6 is 0 Å². The fourth-order valence-electron chi connectivity index (χ4n) is 5.07. The van der Waals surface area contributed by atoms with E-state index < -0.39 is 23.5 Å². The van der Waals surface area contributed by atoms with Gasteiger partial charge in [-0.05, 0) is 62.6 Å². The van der Waals surface area contributed by atoms with Crippen molar-refractivity contribution in [2.24, 2.45) is 5.41 Å². The van der Waals surface area contributed by atoms with Crippen molar-refractivity contribution in [3.63, 3.8) is 0 Å². The molecule has 0 spiro atoms. The van der Waals surface area contributed by atoms with Crippen LogP contribution in [0.3, 0.4) is 0 Å². The average molecular weight is 633 g/mol. The first-order valence-corrected chi connectivity index (χ1v) is 15.2. The molecule has 13 heteroatoms. The number of nitrogens with zero attached hydrogens (tertiary/aromatic N) is 3. The van der Waals surface area contributed by atoms with Gasteiger partial charge in [-0.2, -0.15) is 4.98 Å². The van der Waals surface area contributed by atoms with E-state index in [1.54, 1.807) is 56.4 Å². The van der Waals surface area contributed by atoms with Crippen molar-refractivity contribution >= 4 is 46.5 Å². The Kier molecular flexibility index (Phi) is 11.0.